The van der Waals surface area contributed by atoms with Crippen LogP contribution in [0.4, 0.5) is 16.2 Å². The van der Waals surface area contributed by atoms with Crippen LogP contribution in [0.5, 0.6) is 5.75 Å². The number of nitrogens with zero attached hydrogens (tertiary/aromatic N) is 1. The summed E-state index contributed by atoms with van der Waals surface area (Å²) < 4.78 is 10.5. The molecule has 0 saturated carbocycles. The lowest BCUT2D eigenvalue weighted by atomic mass is 10.1. The molecule has 0 spiro atoms. The van der Waals surface area contributed by atoms with Gasteiger partial charge in [-0.1, -0.05) is 30.3 Å². The molecule has 2 aromatic carbocycles. The van der Waals surface area contributed by atoms with Crippen molar-refractivity contribution in [3.8, 4) is 5.75 Å². The van der Waals surface area contributed by atoms with E-state index in [2.05, 4.69) is 36.2 Å². The van der Waals surface area contributed by atoms with Gasteiger partial charge in [-0.05, 0) is 37.6 Å². The highest BCUT2D eigenvalue weighted by atomic mass is 35.5. The molecular formula is C20H25ClN2O3. The number of halogens is 1. The van der Waals surface area contributed by atoms with Gasteiger partial charge in [0.25, 0.3) is 0 Å². The van der Waals surface area contributed by atoms with Crippen molar-refractivity contribution in [1.82, 2.24) is 0 Å². The molecule has 140 valence electrons. The number of ether oxygens (including phenoxy) is 2. The lowest BCUT2D eigenvalue weighted by Crippen LogP contribution is -2.30. The third kappa shape index (κ3) is 5.56. The fourth-order valence-electron chi connectivity index (χ4n) is 2.60. The number of alkyl halides is 1. The van der Waals surface area contributed by atoms with E-state index >= 15 is 0 Å². The number of nitrogens with one attached hydrogen (secondary N) is 1. The molecule has 0 aliphatic rings. The summed E-state index contributed by atoms with van der Waals surface area (Å²) in [5.41, 5.74) is 2.74. The molecule has 6 heteroatoms. The minimum atomic E-state index is -0.527. The monoisotopic (exact) mass is 376 g/mol. The maximum atomic E-state index is 11.8. The zero-order chi connectivity index (χ0) is 18.9. The number of rotatable bonds is 8. The van der Waals surface area contributed by atoms with E-state index in [0.29, 0.717) is 5.69 Å². The summed E-state index contributed by atoms with van der Waals surface area (Å²) in [6.07, 6.45) is -0.527. The van der Waals surface area contributed by atoms with Gasteiger partial charge in [-0.2, -0.15) is 0 Å². The molecule has 26 heavy (non-hydrogen) atoms. The molecule has 0 saturated heterocycles. The highest BCUT2D eigenvalue weighted by Gasteiger charge is 2.17. The standard InChI is InChI=1S/C20H25ClN2O3/c1-15(2)23(14-16-7-5-4-6-8-16)18-13-17(9-10-19(18)25-3)22-20(24)26-12-11-21/h4-10,13,15H,11-12,14H2,1-3H3,(H,22,24). The molecule has 2 rings (SSSR count). The number of anilines is 2. The van der Waals surface area contributed by atoms with Crippen molar-refractivity contribution < 1.29 is 14.3 Å². The maximum Gasteiger partial charge on any atom is 0.411 e. The molecule has 0 atom stereocenters. The van der Waals surface area contributed by atoms with Gasteiger partial charge in [0.1, 0.15) is 12.4 Å². The van der Waals surface area contributed by atoms with Crippen LogP contribution in [-0.4, -0.2) is 31.7 Å². The Hall–Kier alpha value is -2.40. The Morgan fingerprint density at radius 2 is 1.92 bits per heavy atom. The van der Waals surface area contributed by atoms with E-state index in [1.807, 2.05) is 30.3 Å². The van der Waals surface area contributed by atoms with Crippen LogP contribution < -0.4 is 15.0 Å². The van der Waals surface area contributed by atoms with Crippen molar-refractivity contribution in [2.24, 2.45) is 0 Å². The predicted octanol–water partition coefficient (Wildman–Crippen LogP) is 4.90. The van der Waals surface area contributed by atoms with Crippen molar-refractivity contribution in [2.45, 2.75) is 26.4 Å². The lowest BCUT2D eigenvalue weighted by molar-refractivity contribution is 0.168. The molecule has 0 fully saturated rings. The predicted molar refractivity (Wildman–Crippen MR) is 106 cm³/mol. The summed E-state index contributed by atoms with van der Waals surface area (Å²) in [5, 5.41) is 2.72. The number of amides is 1. The molecular weight excluding hydrogens is 352 g/mol. The average molecular weight is 377 g/mol. The van der Waals surface area contributed by atoms with Crippen molar-refractivity contribution in [3.05, 3.63) is 54.1 Å². The number of carbonyl (C=O) groups is 1. The number of carbonyl (C=O) groups excluding carboxylic acids is 1. The first-order valence-electron chi connectivity index (χ1n) is 8.53. The fraction of sp³-hybridized carbons (Fsp3) is 0.350. The summed E-state index contributed by atoms with van der Waals surface area (Å²) in [7, 11) is 1.64. The molecule has 0 radical (unpaired) electrons. The SMILES string of the molecule is COc1ccc(NC(=O)OCCCl)cc1N(Cc1ccccc1)C(C)C. The minimum Gasteiger partial charge on any atom is -0.495 e. The Morgan fingerprint density at radius 3 is 2.54 bits per heavy atom. The van der Waals surface area contributed by atoms with E-state index in [1.54, 1.807) is 13.2 Å². The summed E-state index contributed by atoms with van der Waals surface area (Å²) in [5.74, 6) is 1.01. The number of benzene rings is 2. The average Bonchev–Trinajstić information content (AvgIpc) is 2.65. The van der Waals surface area contributed by atoms with Gasteiger partial charge in [-0.15, -0.1) is 11.6 Å². The number of methoxy groups -OCH3 is 1. The van der Waals surface area contributed by atoms with Gasteiger partial charge in [0.2, 0.25) is 0 Å². The zero-order valence-electron chi connectivity index (χ0n) is 15.4. The number of hydrogen-bond acceptors (Lipinski definition) is 4. The Kier molecular flexibility index (Phi) is 7.60. The summed E-state index contributed by atoms with van der Waals surface area (Å²) in [6, 6.07) is 16.0. The third-order valence-corrected chi connectivity index (χ3v) is 4.02. The molecule has 0 heterocycles. The molecule has 2 aromatic rings. The van der Waals surface area contributed by atoms with Crippen LogP contribution >= 0.6 is 11.6 Å². The zero-order valence-corrected chi connectivity index (χ0v) is 16.1. The molecule has 0 aliphatic carbocycles. The third-order valence-electron chi connectivity index (χ3n) is 3.86. The Labute approximate surface area is 159 Å². The Bertz CT molecular complexity index is 707. The van der Waals surface area contributed by atoms with Crippen LogP contribution in [0, 0.1) is 0 Å². The van der Waals surface area contributed by atoms with Crippen LogP contribution in [0.1, 0.15) is 19.4 Å². The van der Waals surface area contributed by atoms with Gasteiger partial charge < -0.3 is 14.4 Å². The van der Waals surface area contributed by atoms with Gasteiger partial charge in [0.05, 0.1) is 18.7 Å². The van der Waals surface area contributed by atoms with Crippen molar-refractivity contribution in [2.75, 3.05) is 29.8 Å². The van der Waals surface area contributed by atoms with Crippen LogP contribution in [-0.2, 0) is 11.3 Å². The summed E-state index contributed by atoms with van der Waals surface area (Å²) in [4.78, 5) is 14.0. The normalized spacial score (nSPS) is 10.5. The minimum absolute atomic E-state index is 0.169. The van der Waals surface area contributed by atoms with E-state index in [1.165, 1.54) is 5.56 Å². The second kappa shape index (κ2) is 9.92. The summed E-state index contributed by atoms with van der Waals surface area (Å²) in [6.45, 7) is 5.14. The smallest absolute Gasteiger partial charge is 0.411 e. The molecule has 0 unspecified atom stereocenters. The van der Waals surface area contributed by atoms with Gasteiger partial charge in [0.15, 0.2) is 0 Å². The van der Waals surface area contributed by atoms with Gasteiger partial charge >= 0.3 is 6.09 Å². The highest BCUT2D eigenvalue weighted by molar-refractivity contribution is 6.18. The van der Waals surface area contributed by atoms with Gasteiger partial charge in [0, 0.05) is 18.3 Å². The van der Waals surface area contributed by atoms with Crippen LogP contribution in [0.2, 0.25) is 0 Å². The maximum absolute atomic E-state index is 11.8. The Morgan fingerprint density at radius 1 is 1.19 bits per heavy atom. The molecule has 1 N–H and O–H groups in total. The van der Waals surface area contributed by atoms with Crippen molar-refractivity contribution >= 4 is 29.1 Å². The molecule has 0 aliphatic heterocycles. The van der Waals surface area contributed by atoms with Crippen molar-refractivity contribution in [1.29, 1.82) is 0 Å². The molecule has 5 nitrogen and oxygen atoms in total. The molecule has 0 bridgehead atoms. The largest absolute Gasteiger partial charge is 0.495 e. The fourth-order valence-corrected chi connectivity index (χ4v) is 2.68. The van der Waals surface area contributed by atoms with E-state index in [-0.39, 0.29) is 18.5 Å². The van der Waals surface area contributed by atoms with Crippen molar-refractivity contribution in [3.63, 3.8) is 0 Å². The summed E-state index contributed by atoms with van der Waals surface area (Å²) >= 11 is 5.54. The van der Waals surface area contributed by atoms with Crippen LogP contribution in [0.3, 0.4) is 0 Å². The van der Waals surface area contributed by atoms with Crippen LogP contribution in [0.15, 0.2) is 48.5 Å². The molecule has 0 aromatic heterocycles. The van der Waals surface area contributed by atoms with Gasteiger partial charge in [-0.3, -0.25) is 5.32 Å². The Balaban J connectivity index is 2.27. The van der Waals surface area contributed by atoms with E-state index in [4.69, 9.17) is 21.1 Å². The second-order valence-electron chi connectivity index (χ2n) is 6.04. The first kappa shape index (κ1) is 19.9. The van der Waals surface area contributed by atoms with E-state index in [0.717, 1.165) is 18.0 Å². The second-order valence-corrected chi connectivity index (χ2v) is 6.42. The van der Waals surface area contributed by atoms with Gasteiger partial charge in [-0.25, -0.2) is 4.79 Å². The highest BCUT2D eigenvalue weighted by Crippen LogP contribution is 2.33. The molecule has 1 amide bonds. The van der Waals surface area contributed by atoms with E-state index in [9.17, 15) is 4.79 Å². The first-order chi connectivity index (χ1) is 12.5. The number of hydrogen-bond donors (Lipinski definition) is 1. The van der Waals surface area contributed by atoms with E-state index < -0.39 is 6.09 Å². The quantitative estimate of drug-likeness (QED) is 0.666. The van der Waals surface area contributed by atoms with Crippen LogP contribution in [0.25, 0.3) is 0 Å². The lowest BCUT2D eigenvalue weighted by Gasteiger charge is -2.31. The topological polar surface area (TPSA) is 50.8 Å². The first-order valence-corrected chi connectivity index (χ1v) is 9.07.